The maximum absolute atomic E-state index is 10.9. The van der Waals surface area contributed by atoms with Gasteiger partial charge in [0.05, 0.1) is 7.11 Å². The van der Waals surface area contributed by atoms with E-state index in [1.54, 1.807) is 24.8 Å². The highest BCUT2D eigenvalue weighted by molar-refractivity contribution is 7.13. The van der Waals surface area contributed by atoms with E-state index in [0.29, 0.717) is 10.9 Å². The van der Waals surface area contributed by atoms with Crippen molar-refractivity contribution in [1.82, 2.24) is 9.97 Å². The fourth-order valence-electron chi connectivity index (χ4n) is 1.15. The lowest BCUT2D eigenvalue weighted by atomic mass is 10.3. The number of ether oxygens (including phenoxy) is 1. The third-order valence-electron chi connectivity index (χ3n) is 1.95. The monoisotopic (exact) mass is 235 g/mol. The van der Waals surface area contributed by atoms with Crippen LogP contribution in [0.3, 0.4) is 0 Å². The summed E-state index contributed by atoms with van der Waals surface area (Å²) in [5, 5.41) is 2.34. The van der Waals surface area contributed by atoms with Crippen LogP contribution in [0.2, 0.25) is 0 Å². The molecule has 0 aliphatic carbocycles. The van der Waals surface area contributed by atoms with Crippen molar-refractivity contribution < 1.29 is 9.53 Å². The Balaban J connectivity index is 2.31. The number of pyridine rings is 1. The third kappa shape index (κ3) is 2.01. The van der Waals surface area contributed by atoms with E-state index in [1.165, 1.54) is 11.3 Å². The minimum atomic E-state index is -0.524. The number of thiazole rings is 1. The van der Waals surface area contributed by atoms with Crippen LogP contribution in [-0.4, -0.2) is 23.0 Å². The van der Waals surface area contributed by atoms with Crippen molar-refractivity contribution in [3.8, 4) is 16.5 Å². The summed E-state index contributed by atoms with van der Waals surface area (Å²) in [5.74, 6) is 0.0133. The van der Waals surface area contributed by atoms with Crippen LogP contribution in [0.4, 0.5) is 0 Å². The first-order valence-corrected chi connectivity index (χ1v) is 5.34. The van der Waals surface area contributed by atoms with Gasteiger partial charge in [-0.2, -0.15) is 0 Å². The highest BCUT2D eigenvalue weighted by Gasteiger charge is 2.08. The van der Waals surface area contributed by atoms with Gasteiger partial charge in [-0.25, -0.2) is 9.97 Å². The number of carbonyl (C=O) groups excluding carboxylic acids is 1. The molecule has 0 aliphatic heterocycles. The molecule has 0 aliphatic rings. The normalized spacial score (nSPS) is 10.1. The highest BCUT2D eigenvalue weighted by atomic mass is 32.1. The van der Waals surface area contributed by atoms with Crippen molar-refractivity contribution >= 4 is 17.2 Å². The number of hydrogen-bond donors (Lipinski definition) is 1. The van der Waals surface area contributed by atoms with Crippen LogP contribution in [0.1, 0.15) is 10.5 Å². The summed E-state index contributed by atoms with van der Waals surface area (Å²) in [4.78, 5) is 19.0. The second-order valence-corrected chi connectivity index (χ2v) is 3.85. The van der Waals surface area contributed by atoms with Crippen molar-refractivity contribution in [3.05, 3.63) is 29.4 Å². The molecule has 0 saturated carbocycles. The van der Waals surface area contributed by atoms with E-state index in [2.05, 4.69) is 9.97 Å². The molecule has 16 heavy (non-hydrogen) atoms. The Morgan fingerprint density at radius 1 is 1.50 bits per heavy atom. The average molecular weight is 235 g/mol. The molecule has 82 valence electrons. The van der Waals surface area contributed by atoms with E-state index < -0.39 is 5.91 Å². The van der Waals surface area contributed by atoms with E-state index in [1.807, 2.05) is 6.07 Å². The van der Waals surface area contributed by atoms with Gasteiger partial charge in [-0.05, 0) is 6.07 Å². The number of amides is 1. The zero-order chi connectivity index (χ0) is 11.5. The molecule has 0 atom stereocenters. The smallest absolute Gasteiger partial charge is 0.268 e. The zero-order valence-electron chi connectivity index (χ0n) is 8.51. The number of nitrogens with two attached hydrogens (primary N) is 1. The Morgan fingerprint density at radius 2 is 2.31 bits per heavy atom. The first kappa shape index (κ1) is 10.6. The van der Waals surface area contributed by atoms with Crippen LogP contribution in [0.15, 0.2) is 23.7 Å². The second-order valence-electron chi connectivity index (χ2n) is 2.99. The lowest BCUT2D eigenvalue weighted by Gasteiger charge is -1.98. The number of carbonyl (C=O) groups is 1. The molecule has 2 N–H and O–H groups in total. The van der Waals surface area contributed by atoms with Gasteiger partial charge < -0.3 is 10.5 Å². The first-order chi connectivity index (χ1) is 7.70. The Morgan fingerprint density at radius 3 is 2.81 bits per heavy atom. The Labute approximate surface area is 95.9 Å². The first-order valence-electron chi connectivity index (χ1n) is 4.46. The number of methoxy groups -OCH3 is 1. The van der Waals surface area contributed by atoms with Gasteiger partial charge in [0.15, 0.2) is 0 Å². The van der Waals surface area contributed by atoms with Gasteiger partial charge in [0.1, 0.15) is 10.7 Å². The number of hydrogen-bond acceptors (Lipinski definition) is 5. The van der Waals surface area contributed by atoms with Crippen molar-refractivity contribution in [2.45, 2.75) is 0 Å². The van der Waals surface area contributed by atoms with E-state index in [0.717, 1.165) is 5.56 Å². The van der Waals surface area contributed by atoms with E-state index in [9.17, 15) is 4.79 Å². The summed E-state index contributed by atoms with van der Waals surface area (Å²) >= 11 is 1.35. The SMILES string of the molecule is COc1ccc(-c2nc(C(N)=O)cs2)cn1. The van der Waals surface area contributed by atoms with Crippen molar-refractivity contribution in [2.75, 3.05) is 7.11 Å². The molecular formula is C10H9N3O2S. The summed E-state index contributed by atoms with van der Waals surface area (Å²) in [6.07, 6.45) is 1.64. The molecule has 5 nitrogen and oxygen atoms in total. The topological polar surface area (TPSA) is 78.1 Å². The van der Waals surface area contributed by atoms with Crippen molar-refractivity contribution in [3.63, 3.8) is 0 Å². The summed E-state index contributed by atoms with van der Waals surface area (Å²) in [6, 6.07) is 3.57. The van der Waals surface area contributed by atoms with Crippen LogP contribution >= 0.6 is 11.3 Å². The highest BCUT2D eigenvalue weighted by Crippen LogP contribution is 2.23. The number of nitrogens with zero attached hydrogens (tertiary/aromatic N) is 2. The predicted molar refractivity (Wildman–Crippen MR) is 60.4 cm³/mol. The summed E-state index contributed by atoms with van der Waals surface area (Å²) in [7, 11) is 1.55. The Kier molecular flexibility index (Phi) is 2.82. The molecule has 0 saturated heterocycles. The van der Waals surface area contributed by atoms with Gasteiger partial charge in [0.2, 0.25) is 5.88 Å². The molecule has 0 fully saturated rings. The number of rotatable bonds is 3. The largest absolute Gasteiger partial charge is 0.481 e. The van der Waals surface area contributed by atoms with Gasteiger partial charge >= 0.3 is 0 Å². The molecule has 0 aromatic carbocycles. The van der Waals surface area contributed by atoms with Gasteiger partial charge in [-0.15, -0.1) is 11.3 Å². The van der Waals surface area contributed by atoms with Crippen LogP contribution < -0.4 is 10.5 Å². The molecule has 2 aromatic rings. The molecule has 2 rings (SSSR count). The van der Waals surface area contributed by atoms with E-state index in [-0.39, 0.29) is 5.69 Å². The van der Waals surface area contributed by atoms with Gasteiger partial charge in [-0.1, -0.05) is 0 Å². The van der Waals surface area contributed by atoms with Crippen molar-refractivity contribution in [1.29, 1.82) is 0 Å². The van der Waals surface area contributed by atoms with Gasteiger partial charge in [0.25, 0.3) is 5.91 Å². The van der Waals surface area contributed by atoms with E-state index >= 15 is 0 Å². The molecule has 2 heterocycles. The predicted octanol–water partition coefficient (Wildman–Crippen LogP) is 1.31. The molecule has 1 amide bonds. The van der Waals surface area contributed by atoms with Crippen LogP contribution in [0.5, 0.6) is 5.88 Å². The molecule has 0 bridgehead atoms. The molecule has 0 unspecified atom stereocenters. The fraction of sp³-hybridized carbons (Fsp3) is 0.100. The van der Waals surface area contributed by atoms with Crippen LogP contribution in [0, 0.1) is 0 Å². The molecular weight excluding hydrogens is 226 g/mol. The molecule has 2 aromatic heterocycles. The fourth-order valence-corrected chi connectivity index (χ4v) is 1.95. The lowest BCUT2D eigenvalue weighted by molar-refractivity contribution is 0.0996. The minimum Gasteiger partial charge on any atom is -0.481 e. The second kappa shape index (κ2) is 4.28. The molecule has 0 spiro atoms. The third-order valence-corrected chi connectivity index (χ3v) is 2.84. The number of primary amides is 1. The van der Waals surface area contributed by atoms with Crippen LogP contribution in [-0.2, 0) is 0 Å². The maximum atomic E-state index is 10.9. The molecule has 6 heteroatoms. The van der Waals surface area contributed by atoms with E-state index in [4.69, 9.17) is 10.5 Å². The lowest BCUT2D eigenvalue weighted by Crippen LogP contribution is -2.10. The quantitative estimate of drug-likeness (QED) is 0.870. The summed E-state index contributed by atoms with van der Waals surface area (Å²) in [5.41, 5.74) is 6.23. The summed E-state index contributed by atoms with van der Waals surface area (Å²) in [6.45, 7) is 0. The van der Waals surface area contributed by atoms with Gasteiger partial charge in [-0.3, -0.25) is 4.79 Å². The van der Waals surface area contributed by atoms with Crippen LogP contribution in [0.25, 0.3) is 10.6 Å². The van der Waals surface area contributed by atoms with Crippen molar-refractivity contribution in [2.24, 2.45) is 5.73 Å². The van der Waals surface area contributed by atoms with Gasteiger partial charge in [0, 0.05) is 23.2 Å². The maximum Gasteiger partial charge on any atom is 0.268 e. The summed E-state index contributed by atoms with van der Waals surface area (Å²) < 4.78 is 4.95. The molecule has 0 radical (unpaired) electrons. The number of aromatic nitrogens is 2. The average Bonchev–Trinajstić information content (AvgIpc) is 2.78. The minimum absolute atomic E-state index is 0.274. The Bertz CT molecular complexity index is 507. The Hall–Kier alpha value is -1.95. The zero-order valence-corrected chi connectivity index (χ0v) is 9.32. The standard InChI is InChI=1S/C10H9N3O2S/c1-15-8-3-2-6(4-12-8)10-13-7(5-16-10)9(11)14/h2-5H,1H3,(H2,11,14).